The van der Waals surface area contributed by atoms with Gasteiger partial charge in [-0.2, -0.15) is 0 Å². The maximum Gasteiger partial charge on any atom is 0.258 e. The molecule has 0 fully saturated rings. The zero-order chi connectivity index (χ0) is 20.1. The minimum absolute atomic E-state index is 0.0714. The molecule has 0 aliphatic rings. The van der Waals surface area contributed by atoms with E-state index in [1.807, 2.05) is 48.5 Å². The Morgan fingerprint density at radius 1 is 0.964 bits per heavy atom. The molecule has 0 saturated carbocycles. The zero-order valence-electron chi connectivity index (χ0n) is 16.5. The van der Waals surface area contributed by atoms with Crippen LogP contribution in [0.15, 0.2) is 60.9 Å². The molecule has 0 radical (unpaired) electrons. The fraction of sp³-hybridized carbons (Fsp3) is 0.227. The summed E-state index contributed by atoms with van der Waals surface area (Å²) in [6.45, 7) is 6.46. The van der Waals surface area contributed by atoms with E-state index in [-0.39, 0.29) is 11.3 Å². The molecular weight excluding hydrogens is 352 g/mol. The van der Waals surface area contributed by atoms with Crippen molar-refractivity contribution in [1.29, 1.82) is 0 Å². The number of aromatic nitrogens is 2. The Kier molecular flexibility index (Phi) is 5.59. The molecule has 28 heavy (non-hydrogen) atoms. The number of anilines is 3. The third kappa shape index (κ3) is 4.85. The predicted octanol–water partition coefficient (Wildman–Crippen LogP) is 4.78. The maximum atomic E-state index is 12.4. The van der Waals surface area contributed by atoms with Crippen molar-refractivity contribution in [1.82, 2.24) is 9.97 Å². The van der Waals surface area contributed by atoms with Crippen molar-refractivity contribution >= 4 is 23.2 Å². The van der Waals surface area contributed by atoms with Gasteiger partial charge in [0.1, 0.15) is 5.75 Å². The summed E-state index contributed by atoms with van der Waals surface area (Å²) < 4.78 is 5.19. The molecule has 6 heteroatoms. The van der Waals surface area contributed by atoms with Crippen molar-refractivity contribution in [2.24, 2.45) is 0 Å². The second-order valence-corrected chi connectivity index (χ2v) is 7.43. The number of ether oxygens (including phenoxy) is 1. The van der Waals surface area contributed by atoms with Crippen LogP contribution in [0.3, 0.4) is 0 Å². The van der Waals surface area contributed by atoms with E-state index in [9.17, 15) is 4.79 Å². The van der Waals surface area contributed by atoms with Gasteiger partial charge in [0.25, 0.3) is 5.91 Å². The third-order valence-electron chi connectivity index (χ3n) is 4.25. The number of hydrogen-bond donors (Lipinski definition) is 2. The number of methoxy groups -OCH3 is 1. The monoisotopic (exact) mass is 376 g/mol. The van der Waals surface area contributed by atoms with Gasteiger partial charge in [0.05, 0.1) is 12.7 Å². The highest BCUT2D eigenvalue weighted by Gasteiger charge is 2.14. The van der Waals surface area contributed by atoms with Gasteiger partial charge in [-0.3, -0.25) is 4.79 Å². The first-order chi connectivity index (χ1) is 13.3. The lowest BCUT2D eigenvalue weighted by Crippen LogP contribution is -2.14. The molecule has 0 aliphatic carbocycles. The summed E-state index contributed by atoms with van der Waals surface area (Å²) in [5, 5.41) is 5.95. The summed E-state index contributed by atoms with van der Waals surface area (Å²) in [7, 11) is 1.61. The molecule has 0 atom stereocenters. The van der Waals surface area contributed by atoms with Crippen molar-refractivity contribution < 1.29 is 9.53 Å². The van der Waals surface area contributed by atoms with Crippen molar-refractivity contribution in [3.63, 3.8) is 0 Å². The molecule has 6 nitrogen and oxygen atoms in total. The zero-order valence-corrected chi connectivity index (χ0v) is 16.5. The number of amides is 1. The average Bonchev–Trinajstić information content (AvgIpc) is 2.68. The number of carbonyl (C=O) groups excluding carboxylic acids is 1. The molecule has 0 aliphatic heterocycles. The molecule has 2 aromatic carbocycles. The van der Waals surface area contributed by atoms with Gasteiger partial charge in [-0.25, -0.2) is 9.97 Å². The Bertz CT molecular complexity index is 946. The molecular formula is C22H24N4O2. The van der Waals surface area contributed by atoms with E-state index in [1.165, 1.54) is 18.0 Å². The van der Waals surface area contributed by atoms with Crippen molar-refractivity contribution in [3.05, 3.63) is 72.1 Å². The van der Waals surface area contributed by atoms with Crippen molar-refractivity contribution in [2.45, 2.75) is 26.2 Å². The van der Waals surface area contributed by atoms with Crippen LogP contribution in [0.5, 0.6) is 5.75 Å². The number of hydrogen-bond acceptors (Lipinski definition) is 5. The lowest BCUT2D eigenvalue weighted by Gasteiger charge is -2.19. The normalized spacial score (nSPS) is 11.0. The van der Waals surface area contributed by atoms with Gasteiger partial charge in [-0.1, -0.05) is 39.0 Å². The highest BCUT2D eigenvalue weighted by atomic mass is 16.5. The third-order valence-corrected chi connectivity index (χ3v) is 4.25. The largest absolute Gasteiger partial charge is 0.497 e. The van der Waals surface area contributed by atoms with Crippen LogP contribution in [-0.2, 0) is 5.41 Å². The van der Waals surface area contributed by atoms with Crippen molar-refractivity contribution in [3.8, 4) is 5.75 Å². The molecule has 144 valence electrons. The summed E-state index contributed by atoms with van der Waals surface area (Å²) in [6.07, 6.45) is 2.99. The topological polar surface area (TPSA) is 76.1 Å². The van der Waals surface area contributed by atoms with Gasteiger partial charge in [0.15, 0.2) is 0 Å². The van der Waals surface area contributed by atoms with Gasteiger partial charge < -0.3 is 15.4 Å². The number of benzene rings is 2. The highest BCUT2D eigenvalue weighted by molar-refractivity contribution is 6.03. The summed E-state index contributed by atoms with van der Waals surface area (Å²) in [4.78, 5) is 20.9. The Morgan fingerprint density at radius 3 is 2.25 bits per heavy atom. The molecule has 3 rings (SSSR count). The molecule has 1 amide bonds. The minimum atomic E-state index is -0.253. The minimum Gasteiger partial charge on any atom is -0.497 e. The molecule has 0 spiro atoms. The Morgan fingerprint density at radius 2 is 1.64 bits per heavy atom. The van der Waals surface area contributed by atoms with Gasteiger partial charge >= 0.3 is 0 Å². The molecule has 0 bridgehead atoms. The fourth-order valence-electron chi connectivity index (χ4n) is 2.60. The van der Waals surface area contributed by atoms with Crippen LogP contribution >= 0.6 is 0 Å². The number of carbonyl (C=O) groups is 1. The second-order valence-electron chi connectivity index (χ2n) is 7.43. The molecule has 3 aromatic rings. The van der Waals surface area contributed by atoms with Crippen LogP contribution in [0, 0.1) is 0 Å². The van der Waals surface area contributed by atoms with Crippen LogP contribution in [0.2, 0.25) is 0 Å². The predicted molar refractivity (Wildman–Crippen MR) is 111 cm³/mol. The SMILES string of the molecule is COc1cccc(Nc2ncc(C(=O)Nc3ccc(C(C)(C)C)cc3)cn2)c1. The molecule has 1 aromatic heterocycles. The van der Waals surface area contributed by atoms with Crippen molar-refractivity contribution in [2.75, 3.05) is 17.7 Å². The van der Waals surface area contributed by atoms with E-state index in [1.54, 1.807) is 7.11 Å². The molecule has 0 unspecified atom stereocenters. The number of rotatable bonds is 5. The number of nitrogens with one attached hydrogen (secondary N) is 2. The van der Waals surface area contributed by atoms with Crippen LogP contribution < -0.4 is 15.4 Å². The van der Waals surface area contributed by atoms with Crippen LogP contribution in [0.4, 0.5) is 17.3 Å². The first kappa shape index (κ1) is 19.4. The lowest BCUT2D eigenvalue weighted by molar-refractivity contribution is 0.102. The Hall–Kier alpha value is -3.41. The fourth-order valence-corrected chi connectivity index (χ4v) is 2.60. The standard InChI is InChI=1S/C22H24N4O2/c1-22(2,3)16-8-10-17(11-9-16)25-20(27)15-13-23-21(24-14-15)26-18-6-5-7-19(12-18)28-4/h5-14H,1-4H3,(H,25,27)(H,23,24,26). The smallest absolute Gasteiger partial charge is 0.258 e. The van der Waals surface area contributed by atoms with E-state index in [2.05, 4.69) is 41.4 Å². The van der Waals surface area contributed by atoms with Gasteiger partial charge in [-0.15, -0.1) is 0 Å². The van der Waals surface area contributed by atoms with E-state index in [0.29, 0.717) is 11.5 Å². The van der Waals surface area contributed by atoms with Gasteiger partial charge in [-0.05, 0) is 35.2 Å². The molecule has 2 N–H and O–H groups in total. The molecule has 0 saturated heterocycles. The lowest BCUT2D eigenvalue weighted by atomic mass is 9.87. The summed E-state index contributed by atoms with van der Waals surface area (Å²) in [5.74, 6) is 0.884. The Balaban J connectivity index is 1.65. The highest BCUT2D eigenvalue weighted by Crippen LogP contribution is 2.24. The van der Waals surface area contributed by atoms with Crippen LogP contribution in [0.1, 0.15) is 36.7 Å². The van der Waals surface area contributed by atoms with Crippen LogP contribution in [0.25, 0.3) is 0 Å². The first-order valence-electron chi connectivity index (χ1n) is 9.00. The quantitative estimate of drug-likeness (QED) is 0.670. The summed E-state index contributed by atoms with van der Waals surface area (Å²) in [5.41, 5.74) is 3.20. The maximum absolute atomic E-state index is 12.4. The first-order valence-corrected chi connectivity index (χ1v) is 9.00. The van der Waals surface area contributed by atoms with E-state index >= 15 is 0 Å². The summed E-state index contributed by atoms with van der Waals surface area (Å²) >= 11 is 0. The van der Waals surface area contributed by atoms with Gasteiger partial charge in [0.2, 0.25) is 5.95 Å². The number of nitrogens with zero attached hydrogens (tertiary/aromatic N) is 2. The van der Waals surface area contributed by atoms with E-state index < -0.39 is 0 Å². The van der Waals surface area contributed by atoms with Gasteiger partial charge in [0, 0.05) is 29.8 Å². The van der Waals surface area contributed by atoms with E-state index in [0.717, 1.165) is 17.1 Å². The summed E-state index contributed by atoms with van der Waals surface area (Å²) in [6, 6.07) is 15.3. The Labute approximate surface area is 165 Å². The second kappa shape index (κ2) is 8.08. The molecule has 1 heterocycles. The van der Waals surface area contributed by atoms with E-state index in [4.69, 9.17) is 4.74 Å². The average molecular weight is 376 g/mol. The van der Waals surface area contributed by atoms with Crippen LogP contribution in [-0.4, -0.2) is 23.0 Å².